The summed E-state index contributed by atoms with van der Waals surface area (Å²) in [5.74, 6) is 0.942. The number of carbonyl (C=O) groups excluding carboxylic acids is 2. The molecule has 4 heterocycles. The molecule has 44 heavy (non-hydrogen) atoms. The minimum atomic E-state index is -0.593. The van der Waals surface area contributed by atoms with Gasteiger partial charge in [-0.2, -0.15) is 0 Å². The second-order valence-corrected chi connectivity index (χ2v) is 13.4. The maximum Gasteiger partial charge on any atom is 0.252 e. The van der Waals surface area contributed by atoms with Gasteiger partial charge in [-0.25, -0.2) is 4.98 Å². The van der Waals surface area contributed by atoms with Crippen molar-refractivity contribution in [2.75, 3.05) is 13.1 Å². The number of imidazole rings is 1. The van der Waals surface area contributed by atoms with Gasteiger partial charge in [-0.15, -0.1) is 11.3 Å². The van der Waals surface area contributed by atoms with Crippen LogP contribution in [0.2, 0.25) is 0 Å². The molecule has 1 aliphatic heterocycles. The van der Waals surface area contributed by atoms with Crippen molar-refractivity contribution in [3.63, 3.8) is 0 Å². The van der Waals surface area contributed by atoms with Gasteiger partial charge in [0.2, 0.25) is 5.91 Å². The summed E-state index contributed by atoms with van der Waals surface area (Å²) in [4.78, 5) is 39.8. The van der Waals surface area contributed by atoms with Crippen LogP contribution in [0, 0.1) is 5.92 Å². The maximum atomic E-state index is 13.6. The zero-order valence-electron chi connectivity index (χ0n) is 26.5. The van der Waals surface area contributed by atoms with Crippen LogP contribution in [0.3, 0.4) is 0 Å². The van der Waals surface area contributed by atoms with E-state index in [1.807, 2.05) is 42.7 Å². The third-order valence-electron chi connectivity index (χ3n) is 8.66. The quantitative estimate of drug-likeness (QED) is 0.183. The number of likely N-dealkylation sites (tertiary alicyclic amines) is 1. The molecule has 2 amide bonds. The highest BCUT2D eigenvalue weighted by Gasteiger charge is 2.27. The summed E-state index contributed by atoms with van der Waals surface area (Å²) in [6, 6.07) is 13.9. The first kappa shape index (κ1) is 31.9. The maximum absolute atomic E-state index is 13.6. The van der Waals surface area contributed by atoms with E-state index >= 15 is 0 Å². The lowest BCUT2D eigenvalue weighted by atomic mass is 10.00. The number of rotatable bonds is 13. The monoisotopic (exact) mass is 614 g/mol. The summed E-state index contributed by atoms with van der Waals surface area (Å²) >= 11 is 1.74. The number of carbonyl (C=O) groups is 2. The smallest absolute Gasteiger partial charge is 0.252 e. The van der Waals surface area contributed by atoms with Crippen molar-refractivity contribution in [3.8, 4) is 0 Å². The van der Waals surface area contributed by atoms with Gasteiger partial charge in [0, 0.05) is 61.0 Å². The highest BCUT2D eigenvalue weighted by atomic mass is 32.1. The average molecular weight is 615 g/mol. The van der Waals surface area contributed by atoms with E-state index in [1.54, 1.807) is 11.3 Å². The largest absolute Gasteiger partial charge is 0.351 e. The molecule has 234 valence electrons. The van der Waals surface area contributed by atoms with Gasteiger partial charge < -0.3 is 15.2 Å². The summed E-state index contributed by atoms with van der Waals surface area (Å²) in [5, 5.41) is 8.41. The summed E-state index contributed by atoms with van der Waals surface area (Å²) in [6.07, 6.45) is 8.81. The Morgan fingerprint density at radius 1 is 1.05 bits per heavy atom. The van der Waals surface area contributed by atoms with Crippen LogP contribution in [0.15, 0.2) is 60.2 Å². The molecule has 1 atom stereocenters. The molecule has 0 unspecified atom stereocenters. The standard InChI is InChI=1S/C35H46N6O2S/c1-5-28(6-2)41-32-10-9-26(21-30(32)38-33(41)22-29-8-7-19-44-29)34(42)39-31(20-24(3)4)35(43)37-27-13-17-40(18-14-27)23-25-11-15-36-16-12-25/h7-12,15-16,19,21,24,27-28,31H,5-6,13-14,17-18,20,22-23H2,1-4H3,(H,37,43)(H,39,42)/t31-/m0/s1. The summed E-state index contributed by atoms with van der Waals surface area (Å²) in [5.41, 5.74) is 3.65. The van der Waals surface area contributed by atoms with Gasteiger partial charge in [-0.3, -0.25) is 19.5 Å². The molecule has 0 spiro atoms. The highest BCUT2D eigenvalue weighted by Crippen LogP contribution is 2.28. The normalized spacial score (nSPS) is 15.2. The van der Waals surface area contributed by atoms with E-state index in [1.165, 1.54) is 10.4 Å². The number of benzene rings is 1. The molecule has 0 radical (unpaired) electrons. The van der Waals surface area contributed by atoms with Gasteiger partial charge in [0.1, 0.15) is 11.9 Å². The fourth-order valence-corrected chi connectivity index (χ4v) is 6.97. The van der Waals surface area contributed by atoms with Crippen molar-refractivity contribution in [1.82, 2.24) is 30.1 Å². The van der Waals surface area contributed by atoms with Crippen LogP contribution in [-0.4, -0.2) is 56.4 Å². The Labute approximate surface area is 265 Å². The van der Waals surface area contributed by atoms with E-state index in [4.69, 9.17) is 4.98 Å². The van der Waals surface area contributed by atoms with Gasteiger partial charge in [0.05, 0.1) is 11.0 Å². The number of hydrogen-bond acceptors (Lipinski definition) is 6. The predicted octanol–water partition coefficient (Wildman–Crippen LogP) is 6.37. The van der Waals surface area contributed by atoms with Crippen LogP contribution in [0.1, 0.15) is 92.5 Å². The zero-order valence-corrected chi connectivity index (χ0v) is 27.3. The third-order valence-corrected chi connectivity index (χ3v) is 9.54. The van der Waals surface area contributed by atoms with Crippen LogP contribution in [-0.2, 0) is 17.8 Å². The molecular weight excluding hydrogens is 568 g/mol. The number of piperidine rings is 1. The number of amides is 2. The van der Waals surface area contributed by atoms with Crippen molar-refractivity contribution >= 4 is 34.2 Å². The van der Waals surface area contributed by atoms with Crippen LogP contribution >= 0.6 is 11.3 Å². The van der Waals surface area contributed by atoms with Crippen molar-refractivity contribution in [2.45, 2.75) is 90.9 Å². The molecule has 0 saturated carbocycles. The lowest BCUT2D eigenvalue weighted by Crippen LogP contribution is -2.52. The number of hydrogen-bond donors (Lipinski definition) is 2. The van der Waals surface area contributed by atoms with Gasteiger partial charge in [-0.05, 0) is 85.4 Å². The Hall–Kier alpha value is -3.56. The SMILES string of the molecule is CCC(CC)n1c(Cc2cccs2)nc2cc(C(=O)N[C@@H](CC(C)C)C(=O)NC3CCN(Cc4ccncc4)CC3)ccc21. The van der Waals surface area contributed by atoms with Crippen LogP contribution in [0.4, 0.5) is 0 Å². The number of nitrogens with one attached hydrogen (secondary N) is 2. The first-order valence-electron chi connectivity index (χ1n) is 16.1. The Morgan fingerprint density at radius 3 is 2.45 bits per heavy atom. The van der Waals surface area contributed by atoms with Crippen LogP contribution in [0.5, 0.6) is 0 Å². The first-order valence-corrected chi connectivity index (χ1v) is 17.0. The highest BCUT2D eigenvalue weighted by molar-refractivity contribution is 7.09. The molecule has 1 aliphatic rings. The average Bonchev–Trinajstić information content (AvgIpc) is 3.66. The Morgan fingerprint density at radius 2 is 1.80 bits per heavy atom. The molecule has 1 saturated heterocycles. The van der Waals surface area contributed by atoms with E-state index in [0.29, 0.717) is 18.0 Å². The Kier molecular flexibility index (Phi) is 10.8. The fourth-order valence-electron chi connectivity index (χ4n) is 6.27. The molecule has 1 aromatic carbocycles. The van der Waals surface area contributed by atoms with Crippen molar-refractivity contribution in [2.24, 2.45) is 5.92 Å². The van der Waals surface area contributed by atoms with E-state index < -0.39 is 6.04 Å². The second kappa shape index (κ2) is 14.9. The topological polar surface area (TPSA) is 92.1 Å². The first-order chi connectivity index (χ1) is 21.3. The third kappa shape index (κ3) is 7.93. The lowest BCUT2D eigenvalue weighted by Gasteiger charge is -2.33. The summed E-state index contributed by atoms with van der Waals surface area (Å²) in [7, 11) is 0. The number of thiophene rings is 1. The molecule has 4 aromatic rings. The van der Waals surface area contributed by atoms with Crippen LogP contribution in [0.25, 0.3) is 11.0 Å². The zero-order chi connectivity index (χ0) is 31.1. The minimum absolute atomic E-state index is 0.100. The van der Waals surface area contributed by atoms with Crippen molar-refractivity contribution < 1.29 is 9.59 Å². The van der Waals surface area contributed by atoms with Gasteiger partial charge in [-0.1, -0.05) is 33.8 Å². The molecule has 2 N–H and O–H groups in total. The van der Waals surface area contributed by atoms with E-state index in [9.17, 15) is 9.59 Å². The number of pyridine rings is 1. The molecule has 0 aliphatic carbocycles. The van der Waals surface area contributed by atoms with Crippen molar-refractivity contribution in [3.05, 3.63) is 82.1 Å². The van der Waals surface area contributed by atoms with Crippen LogP contribution < -0.4 is 10.6 Å². The van der Waals surface area contributed by atoms with Gasteiger partial charge in [0.25, 0.3) is 5.91 Å². The van der Waals surface area contributed by atoms with E-state index in [0.717, 1.165) is 68.6 Å². The van der Waals surface area contributed by atoms with Gasteiger partial charge in [0.15, 0.2) is 0 Å². The summed E-state index contributed by atoms with van der Waals surface area (Å²) < 4.78 is 2.36. The number of fused-ring (bicyclic) bond motifs is 1. The Balaban J connectivity index is 1.26. The van der Waals surface area contributed by atoms with E-state index in [2.05, 4.69) is 70.3 Å². The number of aromatic nitrogens is 3. The second-order valence-electron chi connectivity index (χ2n) is 12.4. The molecule has 5 rings (SSSR count). The van der Waals surface area contributed by atoms with Crippen molar-refractivity contribution in [1.29, 1.82) is 0 Å². The minimum Gasteiger partial charge on any atom is -0.351 e. The molecule has 9 heteroatoms. The Bertz CT molecular complexity index is 1510. The molecule has 1 fully saturated rings. The predicted molar refractivity (Wildman–Crippen MR) is 178 cm³/mol. The van der Waals surface area contributed by atoms with E-state index in [-0.39, 0.29) is 23.8 Å². The lowest BCUT2D eigenvalue weighted by molar-refractivity contribution is -0.124. The molecule has 8 nitrogen and oxygen atoms in total. The van der Waals surface area contributed by atoms with Gasteiger partial charge >= 0.3 is 0 Å². The molecular formula is C35H46N6O2S. The summed E-state index contributed by atoms with van der Waals surface area (Å²) in [6.45, 7) is 11.3. The molecule has 3 aromatic heterocycles. The molecule has 0 bridgehead atoms. The number of nitrogens with zero attached hydrogens (tertiary/aromatic N) is 4. The fraction of sp³-hybridized carbons (Fsp3) is 0.486.